The first-order valence-electron chi connectivity index (χ1n) is 12.8. The van der Waals surface area contributed by atoms with Gasteiger partial charge in [-0.2, -0.15) is 0 Å². The van der Waals surface area contributed by atoms with E-state index in [1.165, 1.54) is 6.07 Å². The Hall–Kier alpha value is -4.00. The van der Waals surface area contributed by atoms with E-state index in [-0.39, 0.29) is 18.4 Å². The van der Waals surface area contributed by atoms with E-state index in [4.69, 9.17) is 4.84 Å². The highest BCUT2D eigenvalue weighted by Gasteiger charge is 2.25. The number of amides is 1. The lowest BCUT2D eigenvalue weighted by atomic mass is 10.0. The van der Waals surface area contributed by atoms with Gasteiger partial charge in [0.2, 0.25) is 0 Å². The molecule has 1 aromatic heterocycles. The van der Waals surface area contributed by atoms with Crippen LogP contribution in [0.25, 0.3) is 10.9 Å². The summed E-state index contributed by atoms with van der Waals surface area (Å²) in [6.07, 6.45) is 1.68. The van der Waals surface area contributed by atoms with E-state index < -0.39 is 11.6 Å². The van der Waals surface area contributed by atoms with Gasteiger partial charge in [-0.1, -0.05) is 81.4 Å². The van der Waals surface area contributed by atoms with Gasteiger partial charge in [0.15, 0.2) is 11.6 Å². The van der Waals surface area contributed by atoms with Crippen LogP contribution in [0.15, 0.2) is 71.9 Å². The second kappa shape index (κ2) is 12.0. The SMILES string of the molecule is CC(C)CON=Cc1ccc2c(C(=O)NCc3ccc(F)c(F)c3)c(C(C)C)n(Cc3ccccc3)c2c1. The monoisotopic (exact) mass is 517 g/mol. The highest BCUT2D eigenvalue weighted by atomic mass is 19.2. The predicted octanol–water partition coefficient (Wildman–Crippen LogP) is 7.03. The number of oxime groups is 1. The Balaban J connectivity index is 1.75. The zero-order valence-electron chi connectivity index (χ0n) is 22.2. The fraction of sp³-hybridized carbons (Fsp3) is 0.290. The number of hydrogen-bond acceptors (Lipinski definition) is 3. The highest BCUT2D eigenvalue weighted by Crippen LogP contribution is 2.33. The molecule has 4 rings (SSSR count). The van der Waals surface area contributed by atoms with Crippen LogP contribution in [0.3, 0.4) is 0 Å². The third kappa shape index (κ3) is 6.28. The summed E-state index contributed by atoms with van der Waals surface area (Å²) < 4.78 is 29.2. The molecule has 3 aromatic carbocycles. The van der Waals surface area contributed by atoms with Gasteiger partial charge in [0.1, 0.15) is 6.61 Å². The molecule has 7 heteroatoms. The summed E-state index contributed by atoms with van der Waals surface area (Å²) in [6.45, 7) is 9.44. The molecule has 0 aliphatic rings. The lowest BCUT2D eigenvalue weighted by Crippen LogP contribution is -2.24. The maximum Gasteiger partial charge on any atom is 0.254 e. The molecule has 0 aliphatic heterocycles. The number of rotatable bonds is 10. The van der Waals surface area contributed by atoms with Gasteiger partial charge in [0.05, 0.1) is 17.3 Å². The number of aromatic nitrogens is 1. The molecule has 1 heterocycles. The number of nitrogens with zero attached hydrogens (tertiary/aromatic N) is 2. The number of benzene rings is 3. The minimum Gasteiger partial charge on any atom is -0.396 e. The lowest BCUT2D eigenvalue weighted by Gasteiger charge is -2.16. The summed E-state index contributed by atoms with van der Waals surface area (Å²) in [4.78, 5) is 19.0. The smallest absolute Gasteiger partial charge is 0.254 e. The zero-order chi connectivity index (χ0) is 27.2. The van der Waals surface area contributed by atoms with Crippen LogP contribution in [0.2, 0.25) is 0 Å². The van der Waals surface area contributed by atoms with E-state index in [0.29, 0.717) is 30.2 Å². The van der Waals surface area contributed by atoms with Gasteiger partial charge in [0.25, 0.3) is 5.91 Å². The molecule has 0 atom stereocenters. The third-order valence-electron chi connectivity index (χ3n) is 6.21. The number of halogens is 2. The van der Waals surface area contributed by atoms with Gasteiger partial charge in [-0.25, -0.2) is 8.78 Å². The van der Waals surface area contributed by atoms with Crippen LogP contribution < -0.4 is 5.32 Å². The first-order chi connectivity index (χ1) is 18.2. The molecule has 0 unspecified atom stereocenters. The summed E-state index contributed by atoms with van der Waals surface area (Å²) in [5, 5.41) is 7.83. The summed E-state index contributed by atoms with van der Waals surface area (Å²) in [7, 11) is 0. The number of carbonyl (C=O) groups is 1. The summed E-state index contributed by atoms with van der Waals surface area (Å²) in [6, 6.07) is 19.6. The normalized spacial score (nSPS) is 11.7. The van der Waals surface area contributed by atoms with E-state index in [9.17, 15) is 13.6 Å². The van der Waals surface area contributed by atoms with Crippen molar-refractivity contribution in [2.75, 3.05) is 6.61 Å². The average Bonchev–Trinajstić information content (AvgIpc) is 3.21. The fourth-order valence-electron chi connectivity index (χ4n) is 4.45. The molecule has 4 aromatic rings. The van der Waals surface area contributed by atoms with Crippen molar-refractivity contribution in [1.82, 2.24) is 9.88 Å². The van der Waals surface area contributed by atoms with E-state index in [0.717, 1.165) is 39.9 Å². The van der Waals surface area contributed by atoms with Crippen LogP contribution in [-0.2, 0) is 17.9 Å². The van der Waals surface area contributed by atoms with Crippen molar-refractivity contribution in [2.45, 2.75) is 46.7 Å². The largest absolute Gasteiger partial charge is 0.396 e. The maximum atomic E-state index is 13.7. The van der Waals surface area contributed by atoms with Crippen LogP contribution in [0.1, 0.15) is 66.4 Å². The molecule has 1 amide bonds. The molecular weight excluding hydrogens is 484 g/mol. The van der Waals surface area contributed by atoms with Crippen molar-refractivity contribution >= 4 is 23.0 Å². The van der Waals surface area contributed by atoms with Crippen LogP contribution in [0, 0.1) is 17.6 Å². The summed E-state index contributed by atoms with van der Waals surface area (Å²) >= 11 is 0. The van der Waals surface area contributed by atoms with E-state index in [1.807, 2.05) is 36.4 Å². The van der Waals surface area contributed by atoms with Crippen LogP contribution in [0.5, 0.6) is 0 Å². The van der Waals surface area contributed by atoms with Crippen molar-refractivity contribution in [1.29, 1.82) is 0 Å². The Morgan fingerprint density at radius 1 is 0.974 bits per heavy atom. The quantitative estimate of drug-likeness (QED) is 0.181. The van der Waals surface area contributed by atoms with Gasteiger partial charge >= 0.3 is 0 Å². The van der Waals surface area contributed by atoms with Gasteiger partial charge in [-0.05, 0) is 46.7 Å². The molecule has 5 nitrogen and oxygen atoms in total. The molecule has 0 radical (unpaired) electrons. The Morgan fingerprint density at radius 3 is 2.42 bits per heavy atom. The Bertz CT molecular complexity index is 1440. The highest BCUT2D eigenvalue weighted by molar-refractivity contribution is 6.09. The molecule has 0 bridgehead atoms. The van der Waals surface area contributed by atoms with E-state index >= 15 is 0 Å². The molecule has 0 spiro atoms. The Kier molecular flexibility index (Phi) is 8.56. The number of hydrogen-bond donors (Lipinski definition) is 1. The minimum atomic E-state index is -0.939. The predicted molar refractivity (Wildman–Crippen MR) is 147 cm³/mol. The molecular formula is C31H33F2N3O2. The molecule has 0 fully saturated rings. The van der Waals surface area contributed by atoms with Crippen molar-refractivity contribution in [3.05, 3.63) is 106 Å². The molecule has 38 heavy (non-hydrogen) atoms. The second-order valence-electron chi connectivity index (χ2n) is 10.1. The number of fused-ring (bicyclic) bond motifs is 1. The van der Waals surface area contributed by atoms with Crippen molar-refractivity contribution < 1.29 is 18.4 Å². The van der Waals surface area contributed by atoms with Gasteiger partial charge in [0, 0.05) is 24.2 Å². The molecule has 198 valence electrons. The zero-order valence-corrected chi connectivity index (χ0v) is 22.2. The third-order valence-corrected chi connectivity index (χ3v) is 6.21. The van der Waals surface area contributed by atoms with Crippen molar-refractivity contribution in [2.24, 2.45) is 11.1 Å². The second-order valence-corrected chi connectivity index (χ2v) is 10.1. The van der Waals surface area contributed by atoms with Crippen molar-refractivity contribution in [3.63, 3.8) is 0 Å². The standard InChI is InChI=1S/C31H33F2N3O2/c1-20(2)19-38-35-17-24-10-12-25-28(15-24)36(18-22-8-6-5-7-9-22)30(21(3)4)29(25)31(37)34-16-23-11-13-26(32)27(33)14-23/h5-15,17,20-21H,16,18-19H2,1-4H3,(H,34,37). The fourth-order valence-corrected chi connectivity index (χ4v) is 4.45. The van der Waals surface area contributed by atoms with Crippen LogP contribution >= 0.6 is 0 Å². The van der Waals surface area contributed by atoms with Gasteiger partial charge in [-0.3, -0.25) is 4.79 Å². The average molecular weight is 518 g/mol. The topological polar surface area (TPSA) is 55.6 Å². The first-order valence-corrected chi connectivity index (χ1v) is 12.8. The van der Waals surface area contributed by atoms with Crippen molar-refractivity contribution in [3.8, 4) is 0 Å². The lowest BCUT2D eigenvalue weighted by molar-refractivity contribution is 0.0951. The molecule has 0 saturated carbocycles. The molecule has 0 saturated heterocycles. The number of nitrogens with one attached hydrogen (secondary N) is 1. The number of carbonyl (C=O) groups excluding carboxylic acids is 1. The molecule has 0 aliphatic carbocycles. The Morgan fingerprint density at radius 2 is 1.74 bits per heavy atom. The summed E-state index contributed by atoms with van der Waals surface area (Å²) in [5.74, 6) is -1.71. The van der Waals surface area contributed by atoms with E-state index in [1.54, 1.807) is 6.21 Å². The van der Waals surface area contributed by atoms with Crippen LogP contribution in [0.4, 0.5) is 8.78 Å². The maximum absolute atomic E-state index is 13.7. The van der Waals surface area contributed by atoms with Gasteiger partial charge < -0.3 is 14.7 Å². The minimum absolute atomic E-state index is 0.0432. The van der Waals surface area contributed by atoms with Crippen LogP contribution in [-0.4, -0.2) is 23.3 Å². The van der Waals surface area contributed by atoms with E-state index in [2.05, 4.69) is 54.9 Å². The van der Waals surface area contributed by atoms with Gasteiger partial charge in [-0.15, -0.1) is 0 Å². The first kappa shape index (κ1) is 27.0. The molecule has 1 N–H and O–H groups in total. The Labute approximate surface area is 222 Å². The summed E-state index contributed by atoms with van der Waals surface area (Å²) in [5.41, 5.74) is 4.83.